The summed E-state index contributed by atoms with van der Waals surface area (Å²) in [7, 11) is -3.60. The zero-order valence-electron chi connectivity index (χ0n) is 16.4. The first kappa shape index (κ1) is 21.3. The van der Waals surface area contributed by atoms with Gasteiger partial charge in [0.15, 0.2) is 6.10 Å². The standard InChI is InChI=1S/C20H23ClN2O5S/c1-13-8-14(2)10-16(9-13)27-7-6-22-20(24)19-12-23(29(3,25)26)17-11-15(21)4-5-18(17)28-19/h4-5,8-11,19H,6-7,12H2,1-3H3,(H,22,24)/t19-/m0/s1. The van der Waals surface area contributed by atoms with Gasteiger partial charge in [0.25, 0.3) is 5.91 Å². The molecule has 1 aliphatic rings. The number of sulfonamides is 1. The highest BCUT2D eigenvalue weighted by Crippen LogP contribution is 2.37. The van der Waals surface area contributed by atoms with Crippen LogP contribution in [0.15, 0.2) is 36.4 Å². The fraction of sp³-hybridized carbons (Fsp3) is 0.350. The van der Waals surface area contributed by atoms with Crippen LogP contribution in [0, 0.1) is 13.8 Å². The molecule has 2 aromatic rings. The summed E-state index contributed by atoms with van der Waals surface area (Å²) in [5, 5.41) is 3.11. The Morgan fingerprint density at radius 2 is 1.93 bits per heavy atom. The van der Waals surface area contributed by atoms with Gasteiger partial charge >= 0.3 is 0 Å². The third-order valence-corrected chi connectivity index (χ3v) is 5.73. The van der Waals surface area contributed by atoms with Gasteiger partial charge in [0.2, 0.25) is 10.0 Å². The molecule has 1 atom stereocenters. The van der Waals surface area contributed by atoms with Gasteiger partial charge in [-0.15, -0.1) is 0 Å². The Labute approximate surface area is 175 Å². The van der Waals surface area contributed by atoms with E-state index in [1.165, 1.54) is 6.07 Å². The Morgan fingerprint density at radius 1 is 1.24 bits per heavy atom. The zero-order chi connectivity index (χ0) is 21.2. The number of benzene rings is 2. The topological polar surface area (TPSA) is 84.9 Å². The summed E-state index contributed by atoms with van der Waals surface area (Å²) in [4.78, 5) is 12.5. The Hall–Kier alpha value is -2.45. The molecule has 1 heterocycles. The van der Waals surface area contributed by atoms with Crippen molar-refractivity contribution in [3.63, 3.8) is 0 Å². The molecular weight excluding hydrogens is 416 g/mol. The Balaban J connectivity index is 1.61. The van der Waals surface area contributed by atoms with Crippen LogP contribution in [0.5, 0.6) is 11.5 Å². The van der Waals surface area contributed by atoms with E-state index in [2.05, 4.69) is 5.32 Å². The van der Waals surface area contributed by atoms with Crippen molar-refractivity contribution in [2.75, 3.05) is 30.3 Å². The molecule has 0 bridgehead atoms. The first-order valence-electron chi connectivity index (χ1n) is 9.06. The lowest BCUT2D eigenvalue weighted by Gasteiger charge is -2.34. The second kappa shape index (κ2) is 8.51. The molecule has 0 fully saturated rings. The van der Waals surface area contributed by atoms with Gasteiger partial charge in [-0.2, -0.15) is 0 Å². The van der Waals surface area contributed by atoms with Crippen molar-refractivity contribution >= 4 is 33.2 Å². The molecule has 0 unspecified atom stereocenters. The predicted molar refractivity (Wildman–Crippen MR) is 112 cm³/mol. The van der Waals surface area contributed by atoms with Gasteiger partial charge in [0, 0.05) is 5.02 Å². The maximum atomic E-state index is 12.5. The van der Waals surface area contributed by atoms with Crippen LogP contribution in [0.2, 0.25) is 5.02 Å². The molecular formula is C20H23ClN2O5S. The molecule has 0 aromatic heterocycles. The monoisotopic (exact) mass is 438 g/mol. The molecule has 156 valence electrons. The van der Waals surface area contributed by atoms with E-state index in [9.17, 15) is 13.2 Å². The minimum atomic E-state index is -3.60. The number of fused-ring (bicyclic) bond motifs is 1. The van der Waals surface area contributed by atoms with Gasteiger partial charge in [-0.1, -0.05) is 17.7 Å². The van der Waals surface area contributed by atoms with Crippen molar-refractivity contribution in [1.82, 2.24) is 5.32 Å². The third kappa shape index (κ3) is 5.33. The number of hydrogen-bond donors (Lipinski definition) is 1. The number of aryl methyl sites for hydroxylation is 2. The number of halogens is 1. The van der Waals surface area contributed by atoms with Crippen LogP contribution in [0.4, 0.5) is 5.69 Å². The predicted octanol–water partition coefficient (Wildman–Crippen LogP) is 2.68. The Kier molecular flexibility index (Phi) is 6.24. The molecule has 2 aromatic carbocycles. The number of ether oxygens (including phenoxy) is 2. The van der Waals surface area contributed by atoms with Gasteiger partial charge in [-0.05, 0) is 55.3 Å². The van der Waals surface area contributed by atoms with Crippen LogP contribution in [0.3, 0.4) is 0 Å². The zero-order valence-corrected chi connectivity index (χ0v) is 18.0. The minimum absolute atomic E-state index is 0.129. The van der Waals surface area contributed by atoms with Crippen molar-refractivity contribution in [2.45, 2.75) is 20.0 Å². The molecule has 29 heavy (non-hydrogen) atoms. The average molecular weight is 439 g/mol. The molecule has 1 N–H and O–H groups in total. The Bertz CT molecular complexity index is 1010. The highest BCUT2D eigenvalue weighted by Gasteiger charge is 2.35. The number of rotatable bonds is 6. The lowest BCUT2D eigenvalue weighted by atomic mass is 10.1. The van der Waals surface area contributed by atoms with Gasteiger partial charge < -0.3 is 14.8 Å². The molecule has 9 heteroatoms. The minimum Gasteiger partial charge on any atom is -0.492 e. The lowest BCUT2D eigenvalue weighted by Crippen LogP contribution is -2.51. The van der Waals surface area contributed by atoms with E-state index in [0.717, 1.165) is 27.4 Å². The van der Waals surface area contributed by atoms with Gasteiger partial charge in [0.05, 0.1) is 25.0 Å². The van der Waals surface area contributed by atoms with Crippen molar-refractivity contribution in [2.24, 2.45) is 0 Å². The van der Waals surface area contributed by atoms with Crippen molar-refractivity contribution in [1.29, 1.82) is 0 Å². The van der Waals surface area contributed by atoms with E-state index in [1.807, 2.05) is 32.0 Å². The van der Waals surface area contributed by atoms with E-state index in [1.54, 1.807) is 12.1 Å². The summed E-state index contributed by atoms with van der Waals surface area (Å²) in [5.41, 5.74) is 2.51. The van der Waals surface area contributed by atoms with Crippen molar-refractivity contribution in [3.8, 4) is 11.5 Å². The molecule has 0 radical (unpaired) electrons. The largest absolute Gasteiger partial charge is 0.492 e. The summed E-state index contributed by atoms with van der Waals surface area (Å²) in [6.45, 7) is 4.39. The third-order valence-electron chi connectivity index (χ3n) is 4.35. The molecule has 0 spiro atoms. The van der Waals surface area contributed by atoms with Gasteiger partial charge in [0.1, 0.15) is 18.1 Å². The van der Waals surface area contributed by atoms with Crippen LogP contribution in [0.1, 0.15) is 11.1 Å². The molecule has 0 saturated heterocycles. The number of carbonyl (C=O) groups excluding carboxylic acids is 1. The number of amides is 1. The second-order valence-electron chi connectivity index (χ2n) is 6.98. The summed E-state index contributed by atoms with van der Waals surface area (Å²) in [6, 6.07) is 10.5. The maximum absolute atomic E-state index is 12.5. The smallest absolute Gasteiger partial charge is 0.263 e. The first-order chi connectivity index (χ1) is 13.6. The van der Waals surface area contributed by atoms with E-state index in [0.29, 0.717) is 10.7 Å². The van der Waals surface area contributed by atoms with Crippen LogP contribution in [0.25, 0.3) is 0 Å². The van der Waals surface area contributed by atoms with Gasteiger partial charge in [-0.25, -0.2) is 8.42 Å². The normalized spacial score (nSPS) is 16.0. The molecule has 1 amide bonds. The molecule has 1 aliphatic heterocycles. The summed E-state index contributed by atoms with van der Waals surface area (Å²) in [5.74, 6) is 0.612. The number of nitrogens with one attached hydrogen (secondary N) is 1. The average Bonchev–Trinajstić information content (AvgIpc) is 2.62. The van der Waals surface area contributed by atoms with E-state index in [-0.39, 0.29) is 25.4 Å². The van der Waals surface area contributed by atoms with Crippen LogP contribution in [-0.4, -0.2) is 46.4 Å². The quantitative estimate of drug-likeness (QED) is 0.701. The summed E-state index contributed by atoms with van der Waals surface area (Å²) < 4.78 is 36.9. The second-order valence-corrected chi connectivity index (χ2v) is 9.32. The Morgan fingerprint density at radius 3 is 2.59 bits per heavy atom. The molecule has 0 saturated carbocycles. The SMILES string of the molecule is Cc1cc(C)cc(OCCNC(=O)[C@@H]2CN(S(C)(=O)=O)c3cc(Cl)ccc3O2)c1. The first-order valence-corrected chi connectivity index (χ1v) is 11.3. The van der Waals surface area contributed by atoms with Crippen LogP contribution < -0.4 is 19.1 Å². The molecule has 3 rings (SSSR count). The number of carbonyl (C=O) groups is 1. The summed E-state index contributed by atoms with van der Waals surface area (Å²) in [6.07, 6.45) is 0.106. The van der Waals surface area contributed by atoms with Gasteiger partial charge in [-0.3, -0.25) is 9.10 Å². The lowest BCUT2D eigenvalue weighted by molar-refractivity contribution is -0.127. The van der Waals surface area contributed by atoms with Crippen molar-refractivity contribution < 1.29 is 22.7 Å². The fourth-order valence-electron chi connectivity index (χ4n) is 3.15. The fourth-order valence-corrected chi connectivity index (χ4v) is 4.22. The summed E-state index contributed by atoms with van der Waals surface area (Å²) >= 11 is 5.98. The highest BCUT2D eigenvalue weighted by atomic mass is 35.5. The van der Waals surface area contributed by atoms with Crippen LogP contribution >= 0.6 is 11.6 Å². The maximum Gasteiger partial charge on any atom is 0.263 e. The molecule has 7 nitrogen and oxygen atoms in total. The number of anilines is 1. The molecule has 0 aliphatic carbocycles. The van der Waals surface area contributed by atoms with E-state index < -0.39 is 22.0 Å². The van der Waals surface area contributed by atoms with Crippen molar-refractivity contribution in [3.05, 3.63) is 52.5 Å². The van der Waals surface area contributed by atoms with E-state index in [4.69, 9.17) is 21.1 Å². The van der Waals surface area contributed by atoms with Crippen LogP contribution in [-0.2, 0) is 14.8 Å². The highest BCUT2D eigenvalue weighted by molar-refractivity contribution is 7.92. The van der Waals surface area contributed by atoms with E-state index >= 15 is 0 Å². The number of hydrogen-bond acceptors (Lipinski definition) is 5. The number of nitrogens with zero attached hydrogens (tertiary/aromatic N) is 1.